The first kappa shape index (κ1) is 18.4. The second kappa shape index (κ2) is 7.44. The molecule has 0 saturated carbocycles. The molecular formula is C20H17Cl2NO3. The van der Waals surface area contributed by atoms with Gasteiger partial charge in [-0.25, -0.2) is 0 Å². The van der Waals surface area contributed by atoms with Crippen LogP contribution in [0.3, 0.4) is 0 Å². The number of nitrogens with one attached hydrogen (secondary N) is 1. The summed E-state index contributed by atoms with van der Waals surface area (Å²) in [5.41, 5.74) is 3.91. The summed E-state index contributed by atoms with van der Waals surface area (Å²) in [7, 11) is 3.17. The Hall–Kier alpha value is -2.43. The van der Waals surface area contributed by atoms with Crippen LogP contribution < -0.4 is 10.1 Å². The first-order chi connectivity index (χ1) is 12.4. The van der Waals surface area contributed by atoms with Gasteiger partial charge in [-0.3, -0.25) is 4.79 Å². The Morgan fingerprint density at radius 1 is 1.19 bits per heavy atom. The molecule has 2 aromatic carbocycles. The zero-order valence-electron chi connectivity index (χ0n) is 14.5. The van der Waals surface area contributed by atoms with Gasteiger partial charge in [0.2, 0.25) is 5.91 Å². The number of likely N-dealkylation sites (N-methyl/N-ethyl adjacent to an activating group) is 1. The normalized spacial score (nSPS) is 11.7. The van der Waals surface area contributed by atoms with Gasteiger partial charge >= 0.3 is 0 Å². The highest BCUT2D eigenvalue weighted by atomic mass is 35.5. The minimum Gasteiger partial charge on any atom is -0.496 e. The van der Waals surface area contributed by atoms with Crippen LogP contribution in [-0.2, 0) is 4.79 Å². The zero-order chi connectivity index (χ0) is 18.8. The van der Waals surface area contributed by atoms with Crippen molar-refractivity contribution in [3.05, 3.63) is 58.3 Å². The summed E-state index contributed by atoms with van der Waals surface area (Å²) in [6.07, 6.45) is 3.18. The molecule has 0 aliphatic heterocycles. The molecule has 0 saturated heterocycles. The van der Waals surface area contributed by atoms with E-state index >= 15 is 0 Å². The molecule has 1 amide bonds. The maximum absolute atomic E-state index is 11.7. The molecule has 0 unspecified atom stereocenters. The number of amides is 1. The lowest BCUT2D eigenvalue weighted by molar-refractivity contribution is -0.116. The number of hydrogen-bond donors (Lipinski definition) is 1. The summed E-state index contributed by atoms with van der Waals surface area (Å²) in [5.74, 6) is 0.441. The average Bonchev–Trinajstić information content (AvgIpc) is 3.03. The molecule has 1 aromatic heterocycles. The smallest absolute Gasteiger partial charge is 0.244 e. The molecule has 4 nitrogen and oxygen atoms in total. The molecule has 134 valence electrons. The van der Waals surface area contributed by atoms with Gasteiger partial charge < -0.3 is 14.5 Å². The Kier molecular flexibility index (Phi) is 5.25. The van der Waals surface area contributed by atoms with Crippen LogP contribution in [0.1, 0.15) is 12.5 Å². The predicted octanol–water partition coefficient (Wildman–Crippen LogP) is 5.56. The SMILES string of the molecule is CNC(=O)/C=C(\C)c1cc2c(-c3ccc(Cl)cc3Cl)coc2cc1OC. The maximum atomic E-state index is 11.7. The van der Waals surface area contributed by atoms with Gasteiger partial charge in [-0.15, -0.1) is 0 Å². The number of carbonyl (C=O) groups excluding carboxylic acids is 1. The largest absolute Gasteiger partial charge is 0.496 e. The van der Waals surface area contributed by atoms with Crippen molar-refractivity contribution in [1.82, 2.24) is 5.32 Å². The Labute approximate surface area is 161 Å². The number of benzene rings is 2. The minimum atomic E-state index is -0.183. The van der Waals surface area contributed by atoms with Crippen molar-refractivity contribution in [3.63, 3.8) is 0 Å². The van der Waals surface area contributed by atoms with Crippen molar-refractivity contribution >= 4 is 45.7 Å². The van der Waals surface area contributed by atoms with Crippen LogP contribution in [0, 0.1) is 0 Å². The lowest BCUT2D eigenvalue weighted by atomic mass is 9.99. The topological polar surface area (TPSA) is 51.5 Å². The van der Waals surface area contributed by atoms with Gasteiger partial charge in [-0.1, -0.05) is 29.3 Å². The Bertz CT molecular complexity index is 1020. The molecule has 3 aromatic rings. The van der Waals surface area contributed by atoms with Gasteiger partial charge in [0.15, 0.2) is 0 Å². The highest BCUT2D eigenvalue weighted by Gasteiger charge is 2.16. The van der Waals surface area contributed by atoms with E-state index in [0.717, 1.165) is 27.6 Å². The van der Waals surface area contributed by atoms with Crippen LogP contribution in [-0.4, -0.2) is 20.1 Å². The predicted molar refractivity (Wildman–Crippen MR) is 106 cm³/mol. The van der Waals surface area contributed by atoms with E-state index in [0.29, 0.717) is 21.4 Å². The number of hydrogen-bond acceptors (Lipinski definition) is 3. The van der Waals surface area contributed by atoms with E-state index in [2.05, 4.69) is 5.32 Å². The van der Waals surface area contributed by atoms with Crippen LogP contribution in [0.5, 0.6) is 5.75 Å². The van der Waals surface area contributed by atoms with E-state index in [4.69, 9.17) is 32.4 Å². The Morgan fingerprint density at radius 2 is 1.96 bits per heavy atom. The van der Waals surface area contributed by atoms with E-state index in [1.54, 1.807) is 38.6 Å². The van der Waals surface area contributed by atoms with E-state index in [1.165, 1.54) is 6.08 Å². The molecule has 0 bridgehead atoms. The summed E-state index contributed by atoms with van der Waals surface area (Å²) < 4.78 is 11.2. The van der Waals surface area contributed by atoms with Crippen molar-refractivity contribution < 1.29 is 13.9 Å². The third-order valence-electron chi connectivity index (χ3n) is 4.14. The number of furan rings is 1. The van der Waals surface area contributed by atoms with Gasteiger partial charge in [0.1, 0.15) is 11.3 Å². The van der Waals surface area contributed by atoms with Gasteiger partial charge in [0.05, 0.1) is 18.4 Å². The summed E-state index contributed by atoms with van der Waals surface area (Å²) in [5, 5.41) is 4.56. The van der Waals surface area contributed by atoms with Crippen molar-refractivity contribution in [2.45, 2.75) is 6.92 Å². The third kappa shape index (κ3) is 3.43. The highest BCUT2D eigenvalue weighted by molar-refractivity contribution is 6.36. The molecule has 0 fully saturated rings. The second-order valence-corrected chi connectivity index (χ2v) is 6.61. The van der Waals surface area contributed by atoms with Crippen LogP contribution >= 0.6 is 23.2 Å². The van der Waals surface area contributed by atoms with Crippen LogP contribution in [0.15, 0.2) is 47.1 Å². The fourth-order valence-electron chi connectivity index (χ4n) is 2.80. The standard InChI is InChI=1S/C20H17Cl2NO3/c1-11(6-20(24)23-2)14-8-15-16(10-26-19(15)9-18(14)25-3)13-5-4-12(21)7-17(13)22/h4-10H,1-3H3,(H,23,24)/b11-6+. The first-order valence-electron chi connectivity index (χ1n) is 7.89. The molecule has 6 heteroatoms. The molecule has 0 aliphatic rings. The molecule has 0 radical (unpaired) electrons. The summed E-state index contributed by atoms with van der Waals surface area (Å²) in [4.78, 5) is 11.7. The lowest BCUT2D eigenvalue weighted by Crippen LogP contribution is -2.14. The number of halogens is 2. The fourth-order valence-corrected chi connectivity index (χ4v) is 3.31. The maximum Gasteiger partial charge on any atom is 0.244 e. The number of allylic oxidation sites excluding steroid dienone is 1. The summed E-state index contributed by atoms with van der Waals surface area (Å²) in [6.45, 7) is 1.86. The number of rotatable bonds is 4. The van der Waals surface area contributed by atoms with Gasteiger partial charge in [-0.05, 0) is 30.7 Å². The minimum absolute atomic E-state index is 0.183. The molecule has 0 atom stereocenters. The van der Waals surface area contributed by atoms with Crippen LogP contribution in [0.4, 0.5) is 0 Å². The van der Waals surface area contributed by atoms with Crippen molar-refractivity contribution in [2.24, 2.45) is 0 Å². The third-order valence-corrected chi connectivity index (χ3v) is 4.68. The quantitative estimate of drug-likeness (QED) is 0.593. The van der Waals surface area contributed by atoms with Crippen molar-refractivity contribution in [1.29, 1.82) is 0 Å². The fraction of sp³-hybridized carbons (Fsp3) is 0.150. The monoisotopic (exact) mass is 389 g/mol. The van der Waals surface area contributed by atoms with Crippen LogP contribution in [0.2, 0.25) is 10.0 Å². The number of ether oxygens (including phenoxy) is 1. The molecule has 1 heterocycles. The average molecular weight is 390 g/mol. The van der Waals surface area contributed by atoms with E-state index in [-0.39, 0.29) is 5.91 Å². The molecular weight excluding hydrogens is 373 g/mol. The van der Waals surface area contributed by atoms with Gasteiger partial charge in [-0.2, -0.15) is 0 Å². The Balaban J connectivity index is 2.21. The van der Waals surface area contributed by atoms with E-state index < -0.39 is 0 Å². The lowest BCUT2D eigenvalue weighted by Gasteiger charge is -2.10. The highest BCUT2D eigenvalue weighted by Crippen LogP contribution is 2.40. The summed E-state index contributed by atoms with van der Waals surface area (Å²) in [6, 6.07) is 9.07. The first-order valence-corrected chi connectivity index (χ1v) is 8.65. The van der Waals surface area contributed by atoms with Crippen molar-refractivity contribution in [2.75, 3.05) is 14.2 Å². The van der Waals surface area contributed by atoms with Gasteiger partial charge in [0.25, 0.3) is 0 Å². The van der Waals surface area contributed by atoms with Gasteiger partial charge in [0, 0.05) is 46.3 Å². The zero-order valence-corrected chi connectivity index (χ0v) is 16.0. The molecule has 3 rings (SSSR count). The van der Waals surface area contributed by atoms with Crippen LogP contribution in [0.25, 0.3) is 27.7 Å². The van der Waals surface area contributed by atoms with Crippen molar-refractivity contribution in [3.8, 4) is 16.9 Å². The molecule has 0 spiro atoms. The molecule has 1 N–H and O–H groups in total. The van der Waals surface area contributed by atoms with E-state index in [1.807, 2.05) is 19.1 Å². The number of fused-ring (bicyclic) bond motifs is 1. The number of methoxy groups -OCH3 is 1. The molecule has 0 aliphatic carbocycles. The number of carbonyl (C=O) groups is 1. The second-order valence-electron chi connectivity index (χ2n) is 5.76. The molecule has 26 heavy (non-hydrogen) atoms. The Morgan fingerprint density at radius 3 is 2.62 bits per heavy atom. The summed E-state index contributed by atoms with van der Waals surface area (Å²) >= 11 is 12.4. The van der Waals surface area contributed by atoms with E-state index in [9.17, 15) is 4.79 Å².